The van der Waals surface area contributed by atoms with E-state index in [9.17, 15) is 34.2 Å². The standard InChI is InChI=1S/C28H30N2O7/c1-17(14-24(32)33)21(25-26(34)19-10-5-6-11-20(19)27(25)35)15-30-22(28(36)37)12-7-13-29(30)16-23(31)18-8-3-2-4-9-18/h2-6,8-11,17,21-22,25H,7,12-16H2,1H3,(H,32,33)(H,36,37)/t17-,21+,22+/m1/s1. The van der Waals surface area contributed by atoms with Gasteiger partial charge in [0.2, 0.25) is 0 Å². The second-order valence-electron chi connectivity index (χ2n) is 9.79. The van der Waals surface area contributed by atoms with Gasteiger partial charge in [-0.05, 0) is 24.7 Å². The van der Waals surface area contributed by atoms with Gasteiger partial charge >= 0.3 is 11.9 Å². The van der Waals surface area contributed by atoms with Crippen LogP contribution in [0.25, 0.3) is 0 Å². The second kappa shape index (κ2) is 11.1. The molecule has 2 N–H and O–H groups in total. The molecule has 1 saturated heterocycles. The number of rotatable bonds is 10. The topological polar surface area (TPSA) is 132 Å². The highest BCUT2D eigenvalue weighted by atomic mass is 16.4. The van der Waals surface area contributed by atoms with E-state index in [1.54, 1.807) is 71.5 Å². The Morgan fingerprint density at radius 2 is 1.54 bits per heavy atom. The zero-order valence-corrected chi connectivity index (χ0v) is 20.6. The molecule has 0 amide bonds. The number of hydrogen-bond acceptors (Lipinski definition) is 7. The molecule has 2 aliphatic rings. The fourth-order valence-corrected chi connectivity index (χ4v) is 5.50. The van der Waals surface area contributed by atoms with Gasteiger partial charge in [-0.2, -0.15) is 0 Å². The second-order valence-corrected chi connectivity index (χ2v) is 9.79. The molecule has 0 radical (unpaired) electrons. The Hall–Kier alpha value is -3.69. The quantitative estimate of drug-likeness (QED) is 0.368. The van der Waals surface area contributed by atoms with E-state index < -0.39 is 35.7 Å². The first-order valence-corrected chi connectivity index (χ1v) is 12.4. The molecular formula is C28H30N2O7. The average Bonchev–Trinajstić information content (AvgIpc) is 3.13. The molecule has 9 nitrogen and oxygen atoms in total. The number of hydrogen-bond donors (Lipinski definition) is 2. The Morgan fingerprint density at radius 1 is 0.946 bits per heavy atom. The molecule has 2 aromatic carbocycles. The van der Waals surface area contributed by atoms with Crippen LogP contribution in [0.3, 0.4) is 0 Å². The van der Waals surface area contributed by atoms with Gasteiger partial charge in [0.1, 0.15) is 6.04 Å². The molecule has 37 heavy (non-hydrogen) atoms. The van der Waals surface area contributed by atoms with Crippen molar-refractivity contribution in [2.75, 3.05) is 19.6 Å². The number of carboxylic acids is 2. The summed E-state index contributed by atoms with van der Waals surface area (Å²) in [4.78, 5) is 63.6. The smallest absolute Gasteiger partial charge is 0.322 e. The van der Waals surface area contributed by atoms with E-state index >= 15 is 0 Å². The van der Waals surface area contributed by atoms with Gasteiger partial charge in [-0.15, -0.1) is 0 Å². The molecule has 194 valence electrons. The number of fused-ring (bicyclic) bond motifs is 1. The third kappa shape index (κ3) is 5.52. The molecule has 0 bridgehead atoms. The summed E-state index contributed by atoms with van der Waals surface area (Å²) in [6, 6.07) is 14.2. The van der Waals surface area contributed by atoms with E-state index in [0.29, 0.717) is 36.1 Å². The highest BCUT2D eigenvalue weighted by molar-refractivity contribution is 6.26. The minimum absolute atomic E-state index is 0.0381. The number of carbonyl (C=O) groups is 5. The molecule has 9 heteroatoms. The van der Waals surface area contributed by atoms with E-state index in [1.165, 1.54) is 0 Å². The minimum atomic E-state index is -1.12. The summed E-state index contributed by atoms with van der Waals surface area (Å²) in [5.74, 6) is -5.57. The first-order chi connectivity index (χ1) is 17.7. The van der Waals surface area contributed by atoms with Gasteiger partial charge in [-0.1, -0.05) is 61.5 Å². The van der Waals surface area contributed by atoms with E-state index in [1.807, 2.05) is 0 Å². The maximum atomic E-state index is 13.4. The first-order valence-electron chi connectivity index (χ1n) is 12.4. The lowest BCUT2D eigenvalue weighted by Crippen LogP contribution is -2.59. The van der Waals surface area contributed by atoms with E-state index in [4.69, 9.17) is 0 Å². The van der Waals surface area contributed by atoms with Gasteiger partial charge in [0.25, 0.3) is 0 Å². The van der Waals surface area contributed by atoms with E-state index in [2.05, 4.69) is 0 Å². The lowest BCUT2D eigenvalue weighted by Gasteiger charge is -2.45. The summed E-state index contributed by atoms with van der Waals surface area (Å²) in [5, 5.41) is 22.7. The summed E-state index contributed by atoms with van der Waals surface area (Å²) >= 11 is 0. The normalized spacial score (nSPS) is 20.4. The summed E-state index contributed by atoms with van der Waals surface area (Å²) in [6.07, 6.45) is 0.600. The monoisotopic (exact) mass is 506 g/mol. The van der Waals surface area contributed by atoms with Crippen molar-refractivity contribution in [3.63, 3.8) is 0 Å². The number of benzene rings is 2. The van der Waals surface area contributed by atoms with Crippen LogP contribution in [0.2, 0.25) is 0 Å². The van der Waals surface area contributed by atoms with Gasteiger partial charge in [0.15, 0.2) is 17.3 Å². The fourth-order valence-electron chi connectivity index (χ4n) is 5.50. The third-order valence-corrected chi connectivity index (χ3v) is 7.40. The Labute approximate surface area is 214 Å². The Bertz CT molecular complexity index is 1180. The van der Waals surface area contributed by atoms with E-state index in [-0.39, 0.29) is 36.9 Å². The van der Waals surface area contributed by atoms with Crippen LogP contribution in [-0.4, -0.2) is 75.2 Å². The van der Waals surface area contributed by atoms with Crippen LogP contribution in [0.5, 0.6) is 0 Å². The molecule has 0 aromatic heterocycles. The highest BCUT2D eigenvalue weighted by Crippen LogP contribution is 2.37. The lowest BCUT2D eigenvalue weighted by molar-refractivity contribution is -0.162. The van der Waals surface area contributed by atoms with Gasteiger partial charge in [0, 0.05) is 36.2 Å². The van der Waals surface area contributed by atoms with Crippen LogP contribution < -0.4 is 0 Å². The number of ketones is 3. The molecule has 1 heterocycles. The van der Waals surface area contributed by atoms with Crippen molar-refractivity contribution in [3.05, 3.63) is 71.3 Å². The average molecular weight is 507 g/mol. The van der Waals surface area contributed by atoms with Crippen LogP contribution in [0, 0.1) is 17.8 Å². The number of hydrazine groups is 1. The molecule has 3 atom stereocenters. The summed E-state index contributed by atoms with van der Waals surface area (Å²) < 4.78 is 0. The molecule has 0 saturated carbocycles. The Kier molecular flexibility index (Phi) is 7.94. The highest BCUT2D eigenvalue weighted by Gasteiger charge is 2.47. The van der Waals surface area contributed by atoms with Crippen LogP contribution in [0.1, 0.15) is 57.3 Å². The molecule has 0 unspecified atom stereocenters. The van der Waals surface area contributed by atoms with Crippen molar-refractivity contribution in [1.29, 1.82) is 0 Å². The first kappa shape index (κ1) is 26.4. The number of carbonyl (C=O) groups excluding carboxylic acids is 3. The fraction of sp³-hybridized carbons (Fsp3) is 0.393. The van der Waals surface area contributed by atoms with Crippen molar-refractivity contribution < 1.29 is 34.2 Å². The maximum absolute atomic E-state index is 13.4. The molecule has 0 spiro atoms. The third-order valence-electron chi connectivity index (χ3n) is 7.40. The Morgan fingerprint density at radius 3 is 2.11 bits per heavy atom. The molecule has 1 aliphatic carbocycles. The number of nitrogens with zero attached hydrogens (tertiary/aromatic N) is 2. The van der Waals surface area contributed by atoms with Crippen molar-refractivity contribution in [3.8, 4) is 0 Å². The van der Waals surface area contributed by atoms with Crippen LogP contribution in [0.15, 0.2) is 54.6 Å². The summed E-state index contributed by atoms with van der Waals surface area (Å²) in [7, 11) is 0. The van der Waals surface area contributed by atoms with Gasteiger partial charge in [-0.25, -0.2) is 10.0 Å². The predicted octanol–water partition coefficient (Wildman–Crippen LogP) is 3.06. The molecule has 4 rings (SSSR count). The summed E-state index contributed by atoms with van der Waals surface area (Å²) in [6.45, 7) is 1.99. The van der Waals surface area contributed by atoms with Crippen molar-refractivity contribution >= 4 is 29.3 Å². The van der Waals surface area contributed by atoms with Crippen LogP contribution in [-0.2, 0) is 9.59 Å². The van der Waals surface area contributed by atoms with Gasteiger partial charge in [-0.3, -0.25) is 24.0 Å². The van der Waals surface area contributed by atoms with Crippen LogP contribution in [0.4, 0.5) is 0 Å². The largest absolute Gasteiger partial charge is 0.481 e. The van der Waals surface area contributed by atoms with E-state index in [0.717, 1.165) is 0 Å². The Balaban J connectivity index is 1.67. The lowest BCUT2D eigenvalue weighted by atomic mass is 9.77. The molecule has 1 fully saturated rings. The number of carboxylic acid groups (broad SMARTS) is 2. The molecule has 2 aromatic rings. The maximum Gasteiger partial charge on any atom is 0.322 e. The van der Waals surface area contributed by atoms with Crippen molar-refractivity contribution in [2.24, 2.45) is 17.8 Å². The zero-order chi connectivity index (χ0) is 26.7. The van der Waals surface area contributed by atoms with Crippen molar-refractivity contribution in [1.82, 2.24) is 10.0 Å². The predicted molar refractivity (Wildman–Crippen MR) is 133 cm³/mol. The SMILES string of the molecule is C[C@H](CC(=O)O)[C@H](CN1[C@H](C(=O)O)CCCN1CC(=O)c1ccccc1)C1C(=O)c2ccccc2C1=O. The summed E-state index contributed by atoms with van der Waals surface area (Å²) in [5.41, 5.74) is 1.09. The molecule has 1 aliphatic heterocycles. The number of aliphatic carboxylic acids is 2. The van der Waals surface area contributed by atoms with Crippen molar-refractivity contribution in [2.45, 2.75) is 32.2 Å². The minimum Gasteiger partial charge on any atom is -0.481 e. The number of Topliss-reactive ketones (excluding diaryl/α,β-unsaturated/α-hetero) is 3. The van der Waals surface area contributed by atoms with Crippen LogP contribution >= 0.6 is 0 Å². The zero-order valence-electron chi connectivity index (χ0n) is 20.6. The van der Waals surface area contributed by atoms with Gasteiger partial charge < -0.3 is 10.2 Å². The molecular weight excluding hydrogens is 476 g/mol. The van der Waals surface area contributed by atoms with Gasteiger partial charge in [0.05, 0.1) is 12.5 Å².